The molecule has 212 valence electrons. The second-order valence-corrected chi connectivity index (χ2v) is 11.9. The molecule has 8 nitrogen and oxygen atoms in total. The number of nitrogens with zero attached hydrogens (tertiary/aromatic N) is 5. The summed E-state index contributed by atoms with van der Waals surface area (Å²) in [6.07, 6.45) is 7.51. The third-order valence-electron chi connectivity index (χ3n) is 8.46. The summed E-state index contributed by atoms with van der Waals surface area (Å²) in [5.74, 6) is -0.296. The highest BCUT2D eigenvalue weighted by Gasteiger charge is 2.42. The second-order valence-electron chi connectivity index (χ2n) is 10.9. The van der Waals surface area contributed by atoms with Crippen LogP contribution in [-0.2, 0) is 4.79 Å². The van der Waals surface area contributed by atoms with Gasteiger partial charge in [0.1, 0.15) is 5.01 Å². The number of thiazole rings is 1. The van der Waals surface area contributed by atoms with Gasteiger partial charge in [-0.25, -0.2) is 4.98 Å². The first-order chi connectivity index (χ1) is 20.0. The summed E-state index contributed by atoms with van der Waals surface area (Å²) in [7, 11) is 0. The Morgan fingerprint density at radius 3 is 2.44 bits per heavy atom. The van der Waals surface area contributed by atoms with Crippen molar-refractivity contribution in [2.24, 2.45) is 5.92 Å². The number of carbonyl (C=O) groups is 3. The Morgan fingerprint density at radius 2 is 1.73 bits per heavy atom. The van der Waals surface area contributed by atoms with E-state index >= 15 is 0 Å². The third-order valence-corrected chi connectivity index (χ3v) is 9.41. The zero-order valence-corrected chi connectivity index (χ0v) is 24.1. The number of amides is 3. The molecule has 2 fully saturated rings. The van der Waals surface area contributed by atoms with E-state index < -0.39 is 6.04 Å². The van der Waals surface area contributed by atoms with Crippen LogP contribution in [0.25, 0.3) is 6.08 Å². The molecular formula is C32H35N5O3S. The lowest BCUT2D eigenvalue weighted by molar-refractivity contribution is -0.137. The van der Waals surface area contributed by atoms with Crippen LogP contribution in [0.1, 0.15) is 57.1 Å². The molecule has 6 rings (SSSR count). The van der Waals surface area contributed by atoms with E-state index in [0.29, 0.717) is 24.2 Å². The van der Waals surface area contributed by atoms with E-state index in [1.54, 1.807) is 12.3 Å². The number of imide groups is 1. The number of aromatic nitrogens is 1. The Hall–Kier alpha value is -3.82. The largest absolute Gasteiger partial charge is 0.371 e. The molecular weight excluding hydrogens is 534 g/mol. The minimum Gasteiger partial charge on any atom is -0.371 e. The van der Waals surface area contributed by atoms with Crippen LogP contribution in [0.15, 0.2) is 66.2 Å². The lowest BCUT2D eigenvalue weighted by atomic mass is 9.93. The van der Waals surface area contributed by atoms with Gasteiger partial charge in [-0.05, 0) is 37.5 Å². The Balaban J connectivity index is 1.03. The van der Waals surface area contributed by atoms with Gasteiger partial charge >= 0.3 is 0 Å². The summed E-state index contributed by atoms with van der Waals surface area (Å²) in [5, 5.41) is 2.59. The van der Waals surface area contributed by atoms with Crippen molar-refractivity contribution < 1.29 is 14.4 Å². The fourth-order valence-corrected chi connectivity index (χ4v) is 6.82. The molecule has 0 aliphatic carbocycles. The van der Waals surface area contributed by atoms with Gasteiger partial charge in [0.2, 0.25) is 5.91 Å². The number of piperazine rings is 1. The van der Waals surface area contributed by atoms with Crippen LogP contribution in [0, 0.1) is 5.92 Å². The number of hydrogen-bond donors (Lipinski definition) is 0. The van der Waals surface area contributed by atoms with Crippen LogP contribution in [0.4, 0.5) is 5.69 Å². The molecule has 3 aliphatic rings. The summed E-state index contributed by atoms with van der Waals surface area (Å²) in [4.78, 5) is 52.4. The van der Waals surface area contributed by atoms with Gasteiger partial charge in [-0.3, -0.25) is 24.2 Å². The molecule has 0 bridgehead atoms. The van der Waals surface area contributed by atoms with Gasteiger partial charge in [0.25, 0.3) is 11.8 Å². The molecule has 1 aromatic heterocycles. The van der Waals surface area contributed by atoms with Crippen molar-refractivity contribution in [2.75, 3.05) is 50.7 Å². The Kier molecular flexibility index (Phi) is 7.98. The predicted octanol–water partition coefficient (Wildman–Crippen LogP) is 4.57. The van der Waals surface area contributed by atoms with Crippen LogP contribution >= 0.6 is 11.3 Å². The Labute approximate surface area is 244 Å². The number of hydrogen-bond acceptors (Lipinski definition) is 7. The lowest BCUT2D eigenvalue weighted by Gasteiger charge is -2.39. The van der Waals surface area contributed by atoms with Gasteiger partial charge in [-0.2, -0.15) is 0 Å². The van der Waals surface area contributed by atoms with Crippen LogP contribution < -0.4 is 4.90 Å². The predicted molar refractivity (Wildman–Crippen MR) is 161 cm³/mol. The maximum atomic E-state index is 13.5. The minimum atomic E-state index is -0.418. The molecule has 0 unspecified atom stereocenters. The second kappa shape index (κ2) is 12.0. The number of fused-ring (bicyclic) bond motifs is 1. The summed E-state index contributed by atoms with van der Waals surface area (Å²) >= 11 is 1.44. The van der Waals surface area contributed by atoms with Crippen LogP contribution in [0.5, 0.6) is 0 Å². The highest BCUT2D eigenvalue weighted by molar-refractivity contribution is 7.09. The molecule has 0 radical (unpaired) electrons. The van der Waals surface area contributed by atoms with Crippen molar-refractivity contribution in [1.29, 1.82) is 0 Å². The third kappa shape index (κ3) is 5.56. The summed E-state index contributed by atoms with van der Waals surface area (Å²) in [6, 6.07) is 15.4. The first-order valence-electron chi connectivity index (χ1n) is 14.4. The van der Waals surface area contributed by atoms with Gasteiger partial charge in [0, 0.05) is 63.3 Å². The molecule has 0 N–H and O–H groups in total. The zero-order chi connectivity index (χ0) is 28.3. The van der Waals surface area contributed by atoms with Gasteiger partial charge in [-0.15, -0.1) is 11.3 Å². The number of carbonyl (C=O) groups excluding carboxylic acids is 3. The summed E-state index contributed by atoms with van der Waals surface area (Å²) < 4.78 is 0. The highest BCUT2D eigenvalue weighted by Crippen LogP contribution is 2.38. The van der Waals surface area contributed by atoms with Crippen molar-refractivity contribution in [2.45, 2.75) is 25.8 Å². The average molecular weight is 570 g/mol. The van der Waals surface area contributed by atoms with E-state index in [9.17, 15) is 14.4 Å². The molecule has 2 saturated heterocycles. The van der Waals surface area contributed by atoms with Crippen molar-refractivity contribution in [3.63, 3.8) is 0 Å². The van der Waals surface area contributed by atoms with Crippen molar-refractivity contribution >= 4 is 40.8 Å². The SMILES string of the molecule is C[C@@H](c1nccs1)N1C(=O)c2cccc(N3CCC(C(=O)N4CCN(C/C=C/c5ccccc5)CC4)CC3)c2C1=O. The van der Waals surface area contributed by atoms with Crippen LogP contribution in [0.2, 0.25) is 0 Å². The smallest absolute Gasteiger partial charge is 0.264 e. The van der Waals surface area contributed by atoms with E-state index in [1.165, 1.54) is 21.8 Å². The standard InChI is InChI=1S/C32H35N5O3S/c1-23(29-33-14-22-41-29)37-31(39)26-10-5-11-27(28(26)32(37)40)35-16-12-25(13-17-35)30(38)36-20-18-34(19-21-36)15-6-9-24-7-3-2-4-8-24/h2-11,14,22-23,25H,12-13,15-21H2,1H3/b9-6+/t23-/m0/s1. The van der Waals surface area contributed by atoms with E-state index in [0.717, 1.165) is 56.3 Å². The van der Waals surface area contributed by atoms with Gasteiger partial charge in [0.15, 0.2) is 0 Å². The number of anilines is 1. The van der Waals surface area contributed by atoms with Crippen molar-refractivity contribution in [1.82, 2.24) is 19.7 Å². The molecule has 4 heterocycles. The minimum absolute atomic E-state index is 0.00806. The topological polar surface area (TPSA) is 77.1 Å². The molecule has 1 atom stereocenters. The Bertz CT molecular complexity index is 1420. The summed E-state index contributed by atoms with van der Waals surface area (Å²) in [5.41, 5.74) is 2.91. The van der Waals surface area contributed by atoms with Gasteiger partial charge in [-0.1, -0.05) is 48.6 Å². The van der Waals surface area contributed by atoms with Crippen molar-refractivity contribution in [3.8, 4) is 0 Å². The maximum absolute atomic E-state index is 13.5. The van der Waals surface area contributed by atoms with E-state index in [1.807, 2.05) is 47.5 Å². The van der Waals surface area contributed by atoms with Crippen LogP contribution in [-0.4, -0.2) is 83.2 Å². The number of piperidine rings is 1. The first kappa shape index (κ1) is 27.4. The molecule has 3 amide bonds. The van der Waals surface area contributed by atoms with Gasteiger partial charge < -0.3 is 9.80 Å². The fraction of sp³-hybridized carbons (Fsp3) is 0.375. The molecule has 0 spiro atoms. The maximum Gasteiger partial charge on any atom is 0.264 e. The summed E-state index contributed by atoms with van der Waals surface area (Å²) in [6.45, 7) is 7.37. The molecule has 41 heavy (non-hydrogen) atoms. The highest BCUT2D eigenvalue weighted by atomic mass is 32.1. The van der Waals surface area contributed by atoms with Gasteiger partial charge in [0.05, 0.1) is 22.9 Å². The van der Waals surface area contributed by atoms with Crippen molar-refractivity contribution in [3.05, 3.63) is 87.9 Å². The van der Waals surface area contributed by atoms with E-state index in [4.69, 9.17) is 0 Å². The zero-order valence-electron chi connectivity index (χ0n) is 23.3. The van der Waals surface area contributed by atoms with Crippen LogP contribution in [0.3, 0.4) is 0 Å². The fourth-order valence-electron chi connectivity index (χ4n) is 6.13. The molecule has 0 saturated carbocycles. The first-order valence-corrected chi connectivity index (χ1v) is 15.3. The molecule has 3 aromatic rings. The molecule has 3 aliphatic heterocycles. The average Bonchev–Trinajstić information content (AvgIpc) is 3.65. The number of benzene rings is 2. The molecule has 2 aromatic carbocycles. The Morgan fingerprint density at radius 1 is 0.976 bits per heavy atom. The normalized spacial score (nSPS) is 19.3. The molecule has 9 heteroatoms. The van der Waals surface area contributed by atoms with E-state index in [-0.39, 0.29) is 23.6 Å². The quantitative estimate of drug-likeness (QED) is 0.388. The number of rotatable bonds is 7. The lowest BCUT2D eigenvalue weighted by Crippen LogP contribution is -2.51. The monoisotopic (exact) mass is 569 g/mol. The van der Waals surface area contributed by atoms with E-state index in [2.05, 4.69) is 39.1 Å².